The van der Waals surface area contributed by atoms with Crippen molar-refractivity contribution >= 4 is 17.3 Å². The van der Waals surface area contributed by atoms with E-state index in [0.717, 1.165) is 12.1 Å². The summed E-state index contributed by atoms with van der Waals surface area (Å²) in [6.45, 7) is 4.84. The molecule has 106 valence electrons. The minimum Gasteiger partial charge on any atom is -0.381 e. The molecule has 0 aliphatic carbocycles. The average Bonchev–Trinajstić information content (AvgIpc) is 2.46. The van der Waals surface area contributed by atoms with Crippen LogP contribution in [0, 0.1) is 5.82 Å². The highest BCUT2D eigenvalue weighted by atomic mass is 35.5. The van der Waals surface area contributed by atoms with E-state index < -0.39 is 0 Å². The Morgan fingerprint density at radius 2 is 1.85 bits per heavy atom. The van der Waals surface area contributed by atoms with Crippen LogP contribution in [-0.2, 0) is 6.54 Å². The van der Waals surface area contributed by atoms with Gasteiger partial charge >= 0.3 is 0 Å². The van der Waals surface area contributed by atoms with Gasteiger partial charge in [-0.05, 0) is 42.2 Å². The Balaban J connectivity index is 2.00. The molecule has 0 heterocycles. The van der Waals surface area contributed by atoms with E-state index in [0.29, 0.717) is 23.0 Å². The summed E-state index contributed by atoms with van der Waals surface area (Å²) in [6, 6.07) is 13.1. The van der Waals surface area contributed by atoms with Crippen molar-refractivity contribution in [3.05, 3.63) is 64.4 Å². The van der Waals surface area contributed by atoms with Crippen LogP contribution in [0.1, 0.15) is 37.3 Å². The molecule has 0 amide bonds. The van der Waals surface area contributed by atoms with Crippen LogP contribution in [0.2, 0.25) is 5.02 Å². The SMILES string of the molecule is CCC(C)c1ccc(NCc2ccc(Cl)cc2F)cc1. The molecule has 1 unspecified atom stereocenters. The summed E-state index contributed by atoms with van der Waals surface area (Å²) < 4.78 is 13.6. The first-order valence-corrected chi connectivity index (χ1v) is 7.25. The van der Waals surface area contributed by atoms with Crippen molar-refractivity contribution in [1.29, 1.82) is 0 Å². The van der Waals surface area contributed by atoms with Gasteiger partial charge in [0.2, 0.25) is 0 Å². The second kappa shape index (κ2) is 6.76. The van der Waals surface area contributed by atoms with Crippen molar-refractivity contribution in [2.75, 3.05) is 5.32 Å². The lowest BCUT2D eigenvalue weighted by atomic mass is 9.99. The van der Waals surface area contributed by atoms with Gasteiger partial charge in [-0.3, -0.25) is 0 Å². The second-order valence-corrected chi connectivity index (χ2v) is 5.46. The third-order valence-electron chi connectivity index (χ3n) is 3.59. The molecule has 2 rings (SSSR count). The van der Waals surface area contributed by atoms with E-state index >= 15 is 0 Å². The van der Waals surface area contributed by atoms with Crippen LogP contribution in [0.25, 0.3) is 0 Å². The zero-order chi connectivity index (χ0) is 14.5. The summed E-state index contributed by atoms with van der Waals surface area (Å²) >= 11 is 5.73. The predicted octanol–water partition coefficient (Wildman–Crippen LogP) is 5.60. The van der Waals surface area contributed by atoms with Gasteiger partial charge in [0.25, 0.3) is 0 Å². The highest BCUT2D eigenvalue weighted by Crippen LogP contribution is 2.21. The molecule has 0 bridgehead atoms. The highest BCUT2D eigenvalue weighted by molar-refractivity contribution is 6.30. The third kappa shape index (κ3) is 3.73. The van der Waals surface area contributed by atoms with Crippen LogP contribution >= 0.6 is 11.6 Å². The van der Waals surface area contributed by atoms with E-state index in [2.05, 4.69) is 31.3 Å². The Kier molecular flexibility index (Phi) is 5.02. The Morgan fingerprint density at radius 3 is 2.45 bits per heavy atom. The molecule has 1 nitrogen and oxygen atoms in total. The molecule has 2 aromatic carbocycles. The Bertz CT molecular complexity index is 566. The zero-order valence-corrected chi connectivity index (χ0v) is 12.5. The maximum atomic E-state index is 13.6. The molecule has 0 saturated carbocycles. The molecule has 1 atom stereocenters. The lowest BCUT2D eigenvalue weighted by Crippen LogP contribution is -2.02. The molecule has 3 heteroatoms. The standard InChI is InChI=1S/C17H19ClFN/c1-3-12(2)13-5-8-16(9-6-13)20-11-14-4-7-15(18)10-17(14)19/h4-10,12,20H,3,11H2,1-2H3. The van der Waals surface area contributed by atoms with E-state index in [9.17, 15) is 4.39 Å². The normalized spacial score (nSPS) is 12.2. The second-order valence-electron chi connectivity index (χ2n) is 5.02. The van der Waals surface area contributed by atoms with E-state index in [4.69, 9.17) is 11.6 Å². The van der Waals surface area contributed by atoms with Crippen LogP contribution in [-0.4, -0.2) is 0 Å². The van der Waals surface area contributed by atoms with Crippen LogP contribution in [0.5, 0.6) is 0 Å². The van der Waals surface area contributed by atoms with Gasteiger partial charge in [-0.15, -0.1) is 0 Å². The lowest BCUT2D eigenvalue weighted by molar-refractivity contribution is 0.613. The van der Waals surface area contributed by atoms with Crippen LogP contribution in [0.4, 0.5) is 10.1 Å². The summed E-state index contributed by atoms with van der Waals surface area (Å²) in [7, 11) is 0. The van der Waals surface area contributed by atoms with Gasteiger partial charge in [-0.1, -0.05) is 43.6 Å². The molecular weight excluding hydrogens is 273 g/mol. The van der Waals surface area contributed by atoms with Crippen LogP contribution < -0.4 is 5.32 Å². The number of benzene rings is 2. The average molecular weight is 292 g/mol. The molecule has 0 spiro atoms. The van der Waals surface area contributed by atoms with Gasteiger partial charge in [0.1, 0.15) is 5.82 Å². The fourth-order valence-electron chi connectivity index (χ4n) is 2.03. The van der Waals surface area contributed by atoms with E-state index in [1.807, 2.05) is 12.1 Å². The molecule has 20 heavy (non-hydrogen) atoms. The molecule has 0 fully saturated rings. The van der Waals surface area contributed by atoms with E-state index in [1.165, 1.54) is 11.6 Å². The number of hydrogen-bond donors (Lipinski definition) is 1. The Labute approximate surface area is 124 Å². The van der Waals surface area contributed by atoms with Crippen molar-refractivity contribution in [2.24, 2.45) is 0 Å². The van der Waals surface area contributed by atoms with Crippen molar-refractivity contribution in [1.82, 2.24) is 0 Å². The minimum absolute atomic E-state index is 0.277. The van der Waals surface area contributed by atoms with Crippen molar-refractivity contribution in [2.45, 2.75) is 32.7 Å². The van der Waals surface area contributed by atoms with E-state index in [-0.39, 0.29) is 5.82 Å². The van der Waals surface area contributed by atoms with Crippen LogP contribution in [0.15, 0.2) is 42.5 Å². The monoisotopic (exact) mass is 291 g/mol. The van der Waals surface area contributed by atoms with Crippen LogP contribution in [0.3, 0.4) is 0 Å². The van der Waals surface area contributed by atoms with Gasteiger partial charge in [0, 0.05) is 22.8 Å². The third-order valence-corrected chi connectivity index (χ3v) is 3.83. The number of anilines is 1. The Morgan fingerprint density at radius 1 is 1.15 bits per heavy atom. The predicted molar refractivity (Wildman–Crippen MR) is 83.9 cm³/mol. The van der Waals surface area contributed by atoms with E-state index in [1.54, 1.807) is 12.1 Å². The first kappa shape index (κ1) is 14.9. The molecule has 0 saturated heterocycles. The fourth-order valence-corrected chi connectivity index (χ4v) is 2.19. The maximum absolute atomic E-state index is 13.6. The van der Waals surface area contributed by atoms with Crippen molar-refractivity contribution in [3.63, 3.8) is 0 Å². The summed E-state index contributed by atoms with van der Waals surface area (Å²) in [5.74, 6) is 0.291. The largest absolute Gasteiger partial charge is 0.381 e. The van der Waals surface area contributed by atoms with Gasteiger partial charge in [0.15, 0.2) is 0 Å². The molecule has 0 aromatic heterocycles. The maximum Gasteiger partial charge on any atom is 0.129 e. The molecule has 0 radical (unpaired) electrons. The minimum atomic E-state index is -0.277. The topological polar surface area (TPSA) is 12.0 Å². The summed E-state index contributed by atoms with van der Waals surface area (Å²) in [4.78, 5) is 0. The van der Waals surface area contributed by atoms with Gasteiger partial charge in [0.05, 0.1) is 0 Å². The first-order valence-electron chi connectivity index (χ1n) is 6.88. The molecule has 0 aliphatic heterocycles. The van der Waals surface area contributed by atoms with Crippen molar-refractivity contribution < 1.29 is 4.39 Å². The molecule has 1 N–H and O–H groups in total. The smallest absolute Gasteiger partial charge is 0.129 e. The molecule has 2 aromatic rings. The first-order chi connectivity index (χ1) is 9.60. The highest BCUT2D eigenvalue weighted by Gasteiger charge is 2.04. The fraction of sp³-hybridized carbons (Fsp3) is 0.294. The quantitative estimate of drug-likeness (QED) is 0.755. The molecular formula is C17H19ClFN. The summed E-state index contributed by atoms with van der Waals surface area (Å²) in [6.07, 6.45) is 1.13. The number of hydrogen-bond acceptors (Lipinski definition) is 1. The number of rotatable bonds is 5. The number of halogens is 2. The Hall–Kier alpha value is -1.54. The van der Waals surface area contributed by atoms with Gasteiger partial charge in [-0.2, -0.15) is 0 Å². The summed E-state index contributed by atoms with van der Waals surface area (Å²) in [5.41, 5.74) is 2.93. The summed E-state index contributed by atoms with van der Waals surface area (Å²) in [5, 5.41) is 3.64. The number of nitrogens with one attached hydrogen (secondary N) is 1. The molecule has 0 aliphatic rings. The van der Waals surface area contributed by atoms with Gasteiger partial charge in [-0.25, -0.2) is 4.39 Å². The zero-order valence-electron chi connectivity index (χ0n) is 11.8. The lowest BCUT2D eigenvalue weighted by Gasteiger charge is -2.11. The van der Waals surface area contributed by atoms with Gasteiger partial charge < -0.3 is 5.32 Å². The van der Waals surface area contributed by atoms with Crippen molar-refractivity contribution in [3.8, 4) is 0 Å².